The predicted octanol–water partition coefficient (Wildman–Crippen LogP) is 1.42. The molecule has 2 aliphatic heterocycles. The highest BCUT2D eigenvalue weighted by atomic mass is 35.5. The van der Waals surface area contributed by atoms with Gasteiger partial charge in [0, 0.05) is 17.3 Å². The molecule has 0 spiro atoms. The van der Waals surface area contributed by atoms with E-state index in [1.165, 1.54) is 4.90 Å². The summed E-state index contributed by atoms with van der Waals surface area (Å²) in [6, 6.07) is 4.85. The first-order chi connectivity index (χ1) is 11.0. The number of carbonyl (C=O) groups excluding carboxylic acids is 3. The van der Waals surface area contributed by atoms with E-state index in [0.717, 1.165) is 12.0 Å². The summed E-state index contributed by atoms with van der Waals surface area (Å²) < 4.78 is 0. The highest BCUT2D eigenvalue weighted by molar-refractivity contribution is 6.31. The molecular formula is C16H18ClN3O3. The van der Waals surface area contributed by atoms with Gasteiger partial charge in [-0.1, -0.05) is 17.7 Å². The van der Waals surface area contributed by atoms with Crippen LogP contribution in [0.15, 0.2) is 18.2 Å². The van der Waals surface area contributed by atoms with Gasteiger partial charge in [0.05, 0.1) is 0 Å². The van der Waals surface area contributed by atoms with Crippen molar-refractivity contribution in [2.75, 3.05) is 25.0 Å². The number of fused-ring (bicyclic) bond motifs is 1. The number of carbonyl (C=O) groups is 3. The number of nitrogens with one attached hydrogen (secondary N) is 1. The minimum absolute atomic E-state index is 0.0305. The Bertz CT molecular complexity index is 677. The normalized spacial score (nSPS) is 20.7. The summed E-state index contributed by atoms with van der Waals surface area (Å²) in [6.45, 7) is 2.29. The van der Waals surface area contributed by atoms with Crippen LogP contribution in [0.25, 0.3) is 0 Å². The third kappa shape index (κ3) is 3.03. The van der Waals surface area contributed by atoms with Gasteiger partial charge < -0.3 is 15.1 Å². The SMILES string of the molecule is Cc1c(Cl)cccc1NC(=O)CN1CC(=O)N2CCCC2C1=O. The van der Waals surface area contributed by atoms with E-state index in [1.807, 2.05) is 6.92 Å². The van der Waals surface area contributed by atoms with Crippen LogP contribution in [0.2, 0.25) is 5.02 Å². The molecule has 0 bridgehead atoms. The zero-order valence-electron chi connectivity index (χ0n) is 12.8. The molecule has 0 saturated carbocycles. The van der Waals surface area contributed by atoms with E-state index in [2.05, 4.69) is 5.32 Å². The highest BCUT2D eigenvalue weighted by Gasteiger charge is 2.42. The Kier molecular flexibility index (Phi) is 4.26. The fraction of sp³-hybridized carbons (Fsp3) is 0.438. The summed E-state index contributed by atoms with van der Waals surface area (Å²) in [7, 11) is 0. The summed E-state index contributed by atoms with van der Waals surface area (Å²) in [5.41, 5.74) is 1.38. The number of piperazine rings is 1. The summed E-state index contributed by atoms with van der Waals surface area (Å²) in [5.74, 6) is -0.554. The second-order valence-electron chi connectivity index (χ2n) is 5.90. The van der Waals surface area contributed by atoms with Crippen molar-refractivity contribution < 1.29 is 14.4 Å². The number of hydrogen-bond acceptors (Lipinski definition) is 3. The number of halogens is 1. The molecule has 3 rings (SSSR count). The molecule has 2 saturated heterocycles. The Morgan fingerprint density at radius 2 is 2.17 bits per heavy atom. The molecule has 3 amide bonds. The molecule has 6 nitrogen and oxygen atoms in total. The first-order valence-corrected chi connectivity index (χ1v) is 7.98. The number of rotatable bonds is 3. The van der Waals surface area contributed by atoms with Gasteiger partial charge in [0.2, 0.25) is 17.7 Å². The van der Waals surface area contributed by atoms with Crippen molar-refractivity contribution in [1.29, 1.82) is 0 Å². The number of amides is 3. The molecule has 1 aromatic carbocycles. The Morgan fingerprint density at radius 3 is 2.96 bits per heavy atom. The van der Waals surface area contributed by atoms with Crippen molar-refractivity contribution in [3.8, 4) is 0 Å². The third-order valence-corrected chi connectivity index (χ3v) is 4.78. The molecule has 2 fully saturated rings. The summed E-state index contributed by atoms with van der Waals surface area (Å²) >= 11 is 6.03. The standard InChI is InChI=1S/C16H18ClN3O3/c1-10-11(17)4-2-5-12(10)18-14(21)8-19-9-15(22)20-7-3-6-13(20)16(19)23/h2,4-5,13H,3,6-9H2,1H3,(H,18,21). The maximum Gasteiger partial charge on any atom is 0.246 e. The van der Waals surface area contributed by atoms with E-state index >= 15 is 0 Å². The van der Waals surface area contributed by atoms with Crippen LogP contribution < -0.4 is 5.32 Å². The molecular weight excluding hydrogens is 318 g/mol. The van der Waals surface area contributed by atoms with Crippen LogP contribution in [0.1, 0.15) is 18.4 Å². The number of benzene rings is 1. The van der Waals surface area contributed by atoms with Gasteiger partial charge in [-0.15, -0.1) is 0 Å². The van der Waals surface area contributed by atoms with Crippen molar-refractivity contribution in [3.05, 3.63) is 28.8 Å². The lowest BCUT2D eigenvalue weighted by Crippen LogP contribution is -2.58. The minimum Gasteiger partial charge on any atom is -0.329 e. The molecule has 1 N–H and O–H groups in total. The molecule has 23 heavy (non-hydrogen) atoms. The van der Waals surface area contributed by atoms with Crippen LogP contribution in [-0.4, -0.2) is 53.2 Å². The Balaban J connectivity index is 1.67. The molecule has 1 unspecified atom stereocenters. The van der Waals surface area contributed by atoms with Crippen LogP contribution in [-0.2, 0) is 14.4 Å². The van der Waals surface area contributed by atoms with Gasteiger partial charge in [0.1, 0.15) is 19.1 Å². The monoisotopic (exact) mass is 335 g/mol. The summed E-state index contributed by atoms with van der Waals surface area (Å²) in [5, 5.41) is 3.31. The molecule has 2 heterocycles. The maximum atomic E-state index is 12.4. The van der Waals surface area contributed by atoms with Crippen LogP contribution in [0.3, 0.4) is 0 Å². The van der Waals surface area contributed by atoms with Crippen molar-refractivity contribution in [1.82, 2.24) is 9.80 Å². The van der Waals surface area contributed by atoms with Crippen molar-refractivity contribution in [2.24, 2.45) is 0 Å². The largest absolute Gasteiger partial charge is 0.329 e. The highest BCUT2D eigenvalue weighted by Crippen LogP contribution is 2.25. The average Bonchev–Trinajstić information content (AvgIpc) is 2.99. The maximum absolute atomic E-state index is 12.4. The number of anilines is 1. The first-order valence-electron chi connectivity index (χ1n) is 7.60. The van der Waals surface area contributed by atoms with Crippen molar-refractivity contribution in [2.45, 2.75) is 25.8 Å². The van der Waals surface area contributed by atoms with Gasteiger partial charge in [-0.05, 0) is 37.5 Å². The van der Waals surface area contributed by atoms with E-state index in [0.29, 0.717) is 23.7 Å². The molecule has 0 aliphatic carbocycles. The average molecular weight is 336 g/mol. The Morgan fingerprint density at radius 1 is 1.39 bits per heavy atom. The molecule has 1 aromatic rings. The quantitative estimate of drug-likeness (QED) is 0.908. The number of hydrogen-bond donors (Lipinski definition) is 1. The fourth-order valence-corrected chi connectivity index (χ4v) is 3.28. The summed E-state index contributed by atoms with van der Waals surface area (Å²) in [6.07, 6.45) is 1.51. The number of nitrogens with zero attached hydrogens (tertiary/aromatic N) is 2. The van der Waals surface area contributed by atoms with Gasteiger partial charge in [-0.2, -0.15) is 0 Å². The van der Waals surface area contributed by atoms with E-state index in [-0.39, 0.29) is 30.8 Å². The fourth-order valence-electron chi connectivity index (χ4n) is 3.10. The van der Waals surface area contributed by atoms with E-state index in [9.17, 15) is 14.4 Å². The predicted molar refractivity (Wildman–Crippen MR) is 86.1 cm³/mol. The van der Waals surface area contributed by atoms with Gasteiger partial charge in [-0.3, -0.25) is 14.4 Å². The lowest BCUT2D eigenvalue weighted by Gasteiger charge is -2.35. The van der Waals surface area contributed by atoms with Crippen LogP contribution in [0.4, 0.5) is 5.69 Å². The zero-order chi connectivity index (χ0) is 16.6. The molecule has 2 aliphatic rings. The van der Waals surface area contributed by atoms with E-state index in [1.54, 1.807) is 23.1 Å². The smallest absolute Gasteiger partial charge is 0.246 e. The van der Waals surface area contributed by atoms with Crippen molar-refractivity contribution >= 4 is 35.0 Å². The third-order valence-electron chi connectivity index (χ3n) is 4.37. The first kappa shape index (κ1) is 15.8. The Labute approximate surface area is 139 Å². The van der Waals surface area contributed by atoms with Crippen LogP contribution >= 0.6 is 11.6 Å². The van der Waals surface area contributed by atoms with Gasteiger partial charge in [-0.25, -0.2) is 0 Å². The second kappa shape index (κ2) is 6.20. The van der Waals surface area contributed by atoms with E-state index < -0.39 is 6.04 Å². The summed E-state index contributed by atoms with van der Waals surface area (Å²) in [4.78, 5) is 39.6. The van der Waals surface area contributed by atoms with E-state index in [4.69, 9.17) is 11.6 Å². The minimum atomic E-state index is -0.392. The molecule has 0 aromatic heterocycles. The zero-order valence-corrected chi connectivity index (χ0v) is 13.6. The van der Waals surface area contributed by atoms with Gasteiger partial charge in [0.15, 0.2) is 0 Å². The second-order valence-corrected chi connectivity index (χ2v) is 6.31. The Hall–Kier alpha value is -2.08. The van der Waals surface area contributed by atoms with Crippen molar-refractivity contribution in [3.63, 3.8) is 0 Å². The lowest BCUT2D eigenvalue weighted by atomic mass is 10.1. The van der Waals surface area contributed by atoms with Gasteiger partial charge in [0.25, 0.3) is 0 Å². The molecule has 7 heteroatoms. The van der Waals surface area contributed by atoms with Crippen LogP contribution in [0, 0.1) is 6.92 Å². The topological polar surface area (TPSA) is 69.7 Å². The van der Waals surface area contributed by atoms with Crippen LogP contribution in [0.5, 0.6) is 0 Å². The molecule has 1 atom stereocenters. The molecule has 0 radical (unpaired) electrons. The molecule has 122 valence electrons. The van der Waals surface area contributed by atoms with Gasteiger partial charge >= 0.3 is 0 Å². The lowest BCUT2D eigenvalue weighted by molar-refractivity contribution is -0.154.